The summed E-state index contributed by atoms with van der Waals surface area (Å²) < 4.78 is 0. The standard InChI is InChI=1S/C13H20N2/c1-9-4-5-11-13(6-9)15(3)12-7-10(12)8-14(11)2/h6,10,12H,4-5,7-8H2,1-3H3. The van der Waals surface area contributed by atoms with Gasteiger partial charge in [-0.15, -0.1) is 0 Å². The molecule has 82 valence electrons. The van der Waals surface area contributed by atoms with Crippen LogP contribution in [0, 0.1) is 5.92 Å². The third-order valence-electron chi connectivity index (χ3n) is 4.17. The van der Waals surface area contributed by atoms with E-state index in [9.17, 15) is 0 Å². The Kier molecular flexibility index (Phi) is 1.88. The third-order valence-corrected chi connectivity index (χ3v) is 4.17. The zero-order valence-electron chi connectivity index (χ0n) is 9.95. The largest absolute Gasteiger partial charge is 0.376 e. The Morgan fingerprint density at radius 2 is 2.07 bits per heavy atom. The van der Waals surface area contributed by atoms with Gasteiger partial charge in [-0.3, -0.25) is 0 Å². The lowest BCUT2D eigenvalue weighted by atomic mass is 10.0. The quantitative estimate of drug-likeness (QED) is 0.597. The lowest BCUT2D eigenvalue weighted by molar-refractivity contribution is 0.383. The summed E-state index contributed by atoms with van der Waals surface area (Å²) in [6, 6.07) is 0.821. The second-order valence-corrected chi connectivity index (χ2v) is 5.38. The Morgan fingerprint density at radius 1 is 1.27 bits per heavy atom. The second-order valence-electron chi connectivity index (χ2n) is 5.38. The van der Waals surface area contributed by atoms with Gasteiger partial charge in [-0.25, -0.2) is 0 Å². The number of fused-ring (bicyclic) bond motifs is 1. The highest BCUT2D eigenvalue weighted by Crippen LogP contribution is 2.43. The molecule has 0 radical (unpaired) electrons. The van der Waals surface area contributed by atoms with Crippen molar-refractivity contribution in [2.75, 3.05) is 20.6 Å². The van der Waals surface area contributed by atoms with Crippen LogP contribution in [-0.2, 0) is 0 Å². The van der Waals surface area contributed by atoms with Gasteiger partial charge in [-0.05, 0) is 38.2 Å². The molecule has 1 fully saturated rings. The fourth-order valence-corrected chi connectivity index (χ4v) is 3.07. The van der Waals surface area contributed by atoms with Crippen molar-refractivity contribution in [2.24, 2.45) is 5.92 Å². The van der Waals surface area contributed by atoms with E-state index in [1.165, 1.54) is 37.1 Å². The molecule has 3 aliphatic rings. The SMILES string of the molecule is CC1=CC2=C(CC1)N(C)CC1CC1N2C. The van der Waals surface area contributed by atoms with Crippen LogP contribution in [0.4, 0.5) is 0 Å². The Bertz CT molecular complexity index is 354. The molecular formula is C13H20N2. The van der Waals surface area contributed by atoms with Crippen LogP contribution in [0.3, 0.4) is 0 Å². The normalized spacial score (nSPS) is 34.5. The van der Waals surface area contributed by atoms with Gasteiger partial charge < -0.3 is 9.80 Å². The molecule has 1 heterocycles. The summed E-state index contributed by atoms with van der Waals surface area (Å²) in [7, 11) is 4.53. The molecule has 2 nitrogen and oxygen atoms in total. The van der Waals surface area contributed by atoms with Crippen molar-refractivity contribution in [1.29, 1.82) is 0 Å². The van der Waals surface area contributed by atoms with Crippen LogP contribution in [0.2, 0.25) is 0 Å². The van der Waals surface area contributed by atoms with Gasteiger partial charge in [0.1, 0.15) is 0 Å². The molecule has 15 heavy (non-hydrogen) atoms. The molecule has 1 saturated carbocycles. The summed E-state index contributed by atoms with van der Waals surface area (Å²) in [6.45, 7) is 3.52. The third kappa shape index (κ3) is 1.38. The molecule has 0 saturated heterocycles. The summed E-state index contributed by atoms with van der Waals surface area (Å²) in [5.74, 6) is 0.916. The highest BCUT2D eigenvalue weighted by atomic mass is 15.3. The van der Waals surface area contributed by atoms with Crippen molar-refractivity contribution < 1.29 is 0 Å². The highest BCUT2D eigenvalue weighted by Gasteiger charge is 2.44. The maximum atomic E-state index is 2.52. The molecule has 2 unspecified atom stereocenters. The molecule has 0 N–H and O–H groups in total. The molecule has 0 bridgehead atoms. The van der Waals surface area contributed by atoms with E-state index < -0.39 is 0 Å². The van der Waals surface area contributed by atoms with Crippen molar-refractivity contribution in [2.45, 2.75) is 32.2 Å². The number of rotatable bonds is 0. The van der Waals surface area contributed by atoms with Gasteiger partial charge in [-0.2, -0.15) is 0 Å². The average Bonchev–Trinajstić information content (AvgIpc) is 2.95. The summed E-state index contributed by atoms with van der Waals surface area (Å²) in [5, 5.41) is 0. The van der Waals surface area contributed by atoms with Crippen LogP contribution < -0.4 is 0 Å². The smallest absolute Gasteiger partial charge is 0.0560 e. The summed E-state index contributed by atoms with van der Waals surface area (Å²) in [4.78, 5) is 5.01. The van der Waals surface area contributed by atoms with E-state index in [2.05, 4.69) is 36.9 Å². The van der Waals surface area contributed by atoms with Crippen LogP contribution in [0.25, 0.3) is 0 Å². The zero-order chi connectivity index (χ0) is 10.6. The topological polar surface area (TPSA) is 6.48 Å². The molecule has 0 aromatic heterocycles. The van der Waals surface area contributed by atoms with Crippen molar-refractivity contribution in [3.8, 4) is 0 Å². The van der Waals surface area contributed by atoms with Crippen LogP contribution in [0.15, 0.2) is 23.0 Å². The number of hydrogen-bond acceptors (Lipinski definition) is 2. The van der Waals surface area contributed by atoms with E-state index in [1.54, 1.807) is 5.70 Å². The molecule has 0 spiro atoms. The van der Waals surface area contributed by atoms with E-state index in [0.29, 0.717) is 0 Å². The molecular weight excluding hydrogens is 184 g/mol. The average molecular weight is 204 g/mol. The maximum absolute atomic E-state index is 2.52. The van der Waals surface area contributed by atoms with E-state index >= 15 is 0 Å². The van der Waals surface area contributed by atoms with Crippen LogP contribution in [0.5, 0.6) is 0 Å². The number of allylic oxidation sites excluding steroid dienone is 3. The van der Waals surface area contributed by atoms with E-state index in [4.69, 9.17) is 0 Å². The molecule has 0 aromatic rings. The first-order valence-electron chi connectivity index (χ1n) is 6.01. The lowest BCUT2D eigenvalue weighted by Crippen LogP contribution is -2.25. The van der Waals surface area contributed by atoms with Crippen LogP contribution >= 0.6 is 0 Å². The molecule has 2 heteroatoms. The minimum Gasteiger partial charge on any atom is -0.376 e. The monoisotopic (exact) mass is 204 g/mol. The Balaban J connectivity index is 2.01. The van der Waals surface area contributed by atoms with Gasteiger partial charge in [0.2, 0.25) is 0 Å². The van der Waals surface area contributed by atoms with Gasteiger partial charge in [-0.1, -0.05) is 5.57 Å². The Hall–Kier alpha value is -0.920. The fraction of sp³-hybridized carbons (Fsp3) is 0.692. The Labute approximate surface area is 92.2 Å². The first-order chi connectivity index (χ1) is 7.16. The van der Waals surface area contributed by atoms with E-state index in [0.717, 1.165) is 12.0 Å². The van der Waals surface area contributed by atoms with Gasteiger partial charge in [0, 0.05) is 32.4 Å². The first-order valence-corrected chi connectivity index (χ1v) is 6.01. The van der Waals surface area contributed by atoms with Crippen molar-refractivity contribution in [3.63, 3.8) is 0 Å². The van der Waals surface area contributed by atoms with E-state index in [1.807, 2.05) is 0 Å². The predicted octanol–water partition coefficient (Wildman–Crippen LogP) is 2.20. The number of nitrogens with zero attached hydrogens (tertiary/aromatic N) is 2. The van der Waals surface area contributed by atoms with Crippen LogP contribution in [-0.4, -0.2) is 36.5 Å². The molecule has 1 aliphatic heterocycles. The van der Waals surface area contributed by atoms with Gasteiger partial charge in [0.25, 0.3) is 0 Å². The van der Waals surface area contributed by atoms with Gasteiger partial charge >= 0.3 is 0 Å². The molecule has 3 rings (SSSR count). The number of hydrogen-bond donors (Lipinski definition) is 0. The Morgan fingerprint density at radius 3 is 2.87 bits per heavy atom. The summed E-state index contributed by atoms with van der Waals surface area (Å²) in [6.07, 6.45) is 6.27. The van der Waals surface area contributed by atoms with Gasteiger partial charge in [0.15, 0.2) is 0 Å². The molecule has 2 atom stereocenters. The highest BCUT2D eigenvalue weighted by molar-refractivity contribution is 5.34. The van der Waals surface area contributed by atoms with Crippen LogP contribution in [0.1, 0.15) is 26.2 Å². The minimum absolute atomic E-state index is 0.821. The first kappa shape index (κ1) is 9.32. The van der Waals surface area contributed by atoms with E-state index in [-0.39, 0.29) is 0 Å². The predicted molar refractivity (Wildman–Crippen MR) is 62.3 cm³/mol. The van der Waals surface area contributed by atoms with Crippen molar-refractivity contribution >= 4 is 0 Å². The second kappa shape index (κ2) is 3.03. The van der Waals surface area contributed by atoms with Crippen molar-refractivity contribution in [1.82, 2.24) is 9.80 Å². The molecule has 2 aliphatic carbocycles. The lowest BCUT2D eigenvalue weighted by Gasteiger charge is -2.30. The maximum Gasteiger partial charge on any atom is 0.0560 e. The minimum atomic E-state index is 0.821. The summed E-state index contributed by atoms with van der Waals surface area (Å²) in [5.41, 5.74) is 4.59. The van der Waals surface area contributed by atoms with Gasteiger partial charge in [0.05, 0.1) is 5.70 Å². The van der Waals surface area contributed by atoms with Crippen molar-refractivity contribution in [3.05, 3.63) is 23.0 Å². The molecule has 0 amide bonds. The number of likely N-dealkylation sites (N-methyl/N-ethyl adjacent to an activating group) is 1. The fourth-order valence-electron chi connectivity index (χ4n) is 3.07. The zero-order valence-corrected chi connectivity index (χ0v) is 9.95. The summed E-state index contributed by atoms with van der Waals surface area (Å²) >= 11 is 0. The molecule has 0 aromatic carbocycles.